The van der Waals surface area contributed by atoms with E-state index in [2.05, 4.69) is 10.3 Å². The minimum absolute atomic E-state index is 0.109. The molecule has 1 atom stereocenters. The van der Waals surface area contributed by atoms with Gasteiger partial charge in [-0.25, -0.2) is 4.39 Å². The predicted molar refractivity (Wildman–Crippen MR) is 80.7 cm³/mol. The zero-order valence-corrected chi connectivity index (χ0v) is 12.4. The highest BCUT2D eigenvalue weighted by Crippen LogP contribution is 2.25. The van der Waals surface area contributed by atoms with Gasteiger partial charge in [0.15, 0.2) is 6.10 Å². The SMILES string of the molecule is Cc1ccc(O[C@H](C)C(=O)Nc2cccc(F)c2)c([N+](=O)[O-])n1. The molecule has 0 aliphatic rings. The lowest BCUT2D eigenvalue weighted by Crippen LogP contribution is -2.30. The molecular formula is C15H14FN3O4. The Labute approximate surface area is 131 Å². The minimum atomic E-state index is -1.03. The molecule has 0 aliphatic carbocycles. The van der Waals surface area contributed by atoms with Crippen molar-refractivity contribution in [2.24, 2.45) is 0 Å². The number of hydrogen-bond acceptors (Lipinski definition) is 5. The highest BCUT2D eigenvalue weighted by molar-refractivity contribution is 5.94. The molecular weight excluding hydrogens is 305 g/mol. The molecule has 2 rings (SSSR count). The minimum Gasteiger partial charge on any atom is -0.473 e. The number of pyridine rings is 1. The molecule has 8 heteroatoms. The molecule has 0 bridgehead atoms. The van der Waals surface area contributed by atoms with Crippen molar-refractivity contribution >= 4 is 17.4 Å². The molecule has 1 heterocycles. The van der Waals surface area contributed by atoms with Crippen LogP contribution in [0, 0.1) is 22.9 Å². The average molecular weight is 319 g/mol. The Morgan fingerprint density at radius 1 is 1.39 bits per heavy atom. The number of amides is 1. The fourth-order valence-corrected chi connectivity index (χ4v) is 1.81. The van der Waals surface area contributed by atoms with Gasteiger partial charge in [-0.05, 0) is 47.2 Å². The van der Waals surface area contributed by atoms with Crippen LogP contribution in [0.5, 0.6) is 5.75 Å². The number of aromatic nitrogens is 1. The van der Waals surface area contributed by atoms with Crippen LogP contribution < -0.4 is 10.1 Å². The Kier molecular flexibility index (Phi) is 4.85. The summed E-state index contributed by atoms with van der Waals surface area (Å²) in [6.45, 7) is 3.04. The number of anilines is 1. The van der Waals surface area contributed by atoms with Crippen molar-refractivity contribution in [1.82, 2.24) is 4.98 Å². The van der Waals surface area contributed by atoms with Gasteiger partial charge in [0.25, 0.3) is 5.91 Å². The fraction of sp³-hybridized carbons (Fsp3) is 0.200. The molecule has 0 unspecified atom stereocenters. The van der Waals surface area contributed by atoms with E-state index in [9.17, 15) is 19.3 Å². The van der Waals surface area contributed by atoms with Crippen LogP contribution in [0.25, 0.3) is 0 Å². The normalized spacial score (nSPS) is 11.6. The molecule has 1 amide bonds. The zero-order valence-electron chi connectivity index (χ0n) is 12.4. The maximum atomic E-state index is 13.1. The van der Waals surface area contributed by atoms with Crippen LogP contribution >= 0.6 is 0 Å². The van der Waals surface area contributed by atoms with Gasteiger partial charge in [-0.2, -0.15) is 0 Å². The van der Waals surface area contributed by atoms with Gasteiger partial charge in [0.05, 0.1) is 0 Å². The van der Waals surface area contributed by atoms with E-state index in [0.29, 0.717) is 5.69 Å². The summed E-state index contributed by atoms with van der Waals surface area (Å²) in [4.78, 5) is 26.1. The summed E-state index contributed by atoms with van der Waals surface area (Å²) < 4.78 is 18.4. The maximum absolute atomic E-state index is 13.1. The molecule has 1 N–H and O–H groups in total. The van der Waals surface area contributed by atoms with E-state index >= 15 is 0 Å². The number of halogens is 1. The summed E-state index contributed by atoms with van der Waals surface area (Å²) in [6, 6.07) is 8.29. The highest BCUT2D eigenvalue weighted by Gasteiger charge is 2.23. The van der Waals surface area contributed by atoms with Crippen molar-refractivity contribution in [2.45, 2.75) is 20.0 Å². The third-order valence-electron chi connectivity index (χ3n) is 2.92. The highest BCUT2D eigenvalue weighted by atomic mass is 19.1. The van der Waals surface area contributed by atoms with Gasteiger partial charge in [0.2, 0.25) is 5.75 Å². The molecule has 0 saturated carbocycles. The van der Waals surface area contributed by atoms with Gasteiger partial charge >= 0.3 is 5.82 Å². The number of nitro groups is 1. The van der Waals surface area contributed by atoms with Crippen molar-refractivity contribution in [3.63, 3.8) is 0 Å². The number of aryl methyl sites for hydroxylation is 1. The maximum Gasteiger partial charge on any atom is 0.406 e. The first-order valence-electron chi connectivity index (χ1n) is 6.72. The van der Waals surface area contributed by atoms with Crippen molar-refractivity contribution < 1.29 is 18.8 Å². The number of nitrogens with one attached hydrogen (secondary N) is 1. The van der Waals surface area contributed by atoms with Gasteiger partial charge in [0.1, 0.15) is 11.5 Å². The van der Waals surface area contributed by atoms with E-state index in [0.717, 1.165) is 6.07 Å². The molecule has 7 nitrogen and oxygen atoms in total. The van der Waals surface area contributed by atoms with Crippen LogP contribution in [0.15, 0.2) is 36.4 Å². The van der Waals surface area contributed by atoms with E-state index in [-0.39, 0.29) is 11.4 Å². The number of benzene rings is 1. The van der Waals surface area contributed by atoms with Crippen LogP contribution in [0.3, 0.4) is 0 Å². The summed E-state index contributed by atoms with van der Waals surface area (Å²) in [7, 11) is 0. The molecule has 2 aromatic rings. The van der Waals surface area contributed by atoms with Crippen molar-refractivity contribution in [3.05, 3.63) is 58.0 Å². The molecule has 0 saturated heterocycles. The lowest BCUT2D eigenvalue weighted by Gasteiger charge is -2.14. The van der Waals surface area contributed by atoms with E-state index in [1.807, 2.05) is 0 Å². The summed E-state index contributed by atoms with van der Waals surface area (Å²) in [6.07, 6.45) is -1.03. The summed E-state index contributed by atoms with van der Waals surface area (Å²) in [5, 5.41) is 13.4. The number of rotatable bonds is 5. The molecule has 23 heavy (non-hydrogen) atoms. The Balaban J connectivity index is 2.11. The quantitative estimate of drug-likeness (QED) is 0.675. The van der Waals surface area contributed by atoms with E-state index < -0.39 is 28.6 Å². The largest absolute Gasteiger partial charge is 0.473 e. The second kappa shape index (κ2) is 6.82. The Morgan fingerprint density at radius 2 is 2.13 bits per heavy atom. The molecule has 120 valence electrons. The monoisotopic (exact) mass is 319 g/mol. The molecule has 1 aromatic carbocycles. The Hall–Kier alpha value is -3.03. The van der Waals surface area contributed by atoms with Crippen molar-refractivity contribution in [2.75, 3.05) is 5.32 Å². The first kappa shape index (κ1) is 16.3. The zero-order chi connectivity index (χ0) is 17.0. The second-order valence-electron chi connectivity index (χ2n) is 4.79. The molecule has 1 aromatic heterocycles. The summed E-state index contributed by atoms with van der Waals surface area (Å²) in [5.41, 5.74) is 0.725. The van der Waals surface area contributed by atoms with Crippen molar-refractivity contribution in [1.29, 1.82) is 0 Å². The molecule has 0 spiro atoms. The van der Waals surface area contributed by atoms with Crippen LogP contribution in [0.4, 0.5) is 15.9 Å². The first-order chi connectivity index (χ1) is 10.9. The standard InChI is InChI=1S/C15H14FN3O4/c1-9-6-7-13(14(17-9)19(21)22)23-10(2)15(20)18-12-5-3-4-11(16)8-12/h3-8,10H,1-2H3,(H,18,20)/t10-/m1/s1. The van der Waals surface area contributed by atoms with Crippen LogP contribution in [0.2, 0.25) is 0 Å². The van der Waals surface area contributed by atoms with E-state index in [4.69, 9.17) is 4.74 Å². The smallest absolute Gasteiger partial charge is 0.406 e. The third-order valence-corrected chi connectivity index (χ3v) is 2.92. The Bertz CT molecular complexity index is 751. The number of carbonyl (C=O) groups is 1. The second-order valence-corrected chi connectivity index (χ2v) is 4.79. The van der Waals surface area contributed by atoms with Gasteiger partial charge in [0, 0.05) is 12.6 Å². The van der Waals surface area contributed by atoms with Crippen molar-refractivity contribution in [3.8, 4) is 5.75 Å². The number of nitrogens with zero attached hydrogens (tertiary/aromatic N) is 2. The van der Waals surface area contributed by atoms with Gasteiger partial charge < -0.3 is 20.2 Å². The van der Waals surface area contributed by atoms with Crippen LogP contribution in [0.1, 0.15) is 12.6 Å². The van der Waals surface area contributed by atoms with E-state index in [1.165, 1.54) is 31.2 Å². The van der Waals surface area contributed by atoms with Gasteiger partial charge in [-0.3, -0.25) is 4.79 Å². The van der Waals surface area contributed by atoms with Crippen LogP contribution in [-0.2, 0) is 4.79 Å². The predicted octanol–water partition coefficient (Wildman–Crippen LogP) is 2.84. The topological polar surface area (TPSA) is 94.4 Å². The average Bonchev–Trinajstić information content (AvgIpc) is 2.48. The molecule has 0 radical (unpaired) electrons. The first-order valence-corrected chi connectivity index (χ1v) is 6.72. The fourth-order valence-electron chi connectivity index (χ4n) is 1.81. The van der Waals surface area contributed by atoms with E-state index in [1.54, 1.807) is 13.0 Å². The molecule has 0 fully saturated rings. The number of carbonyl (C=O) groups excluding carboxylic acids is 1. The summed E-state index contributed by atoms with van der Waals surface area (Å²) >= 11 is 0. The van der Waals surface area contributed by atoms with Gasteiger partial charge in [-0.1, -0.05) is 6.07 Å². The lowest BCUT2D eigenvalue weighted by molar-refractivity contribution is -0.390. The number of ether oxygens (including phenoxy) is 1. The summed E-state index contributed by atoms with van der Waals surface area (Å²) in [5.74, 6) is -1.63. The molecule has 0 aliphatic heterocycles. The lowest BCUT2D eigenvalue weighted by atomic mass is 10.3. The number of hydrogen-bond donors (Lipinski definition) is 1. The Morgan fingerprint density at radius 3 is 2.78 bits per heavy atom. The van der Waals surface area contributed by atoms with Crippen LogP contribution in [-0.4, -0.2) is 21.9 Å². The third kappa shape index (κ3) is 4.22. The van der Waals surface area contributed by atoms with Gasteiger partial charge in [-0.15, -0.1) is 0 Å².